The zero-order valence-corrected chi connectivity index (χ0v) is 15.6. The van der Waals surface area contributed by atoms with Crippen molar-refractivity contribution >= 4 is 11.6 Å². The van der Waals surface area contributed by atoms with Gasteiger partial charge in [0.2, 0.25) is 5.91 Å². The number of benzene rings is 1. The number of hydrogen-bond acceptors (Lipinski definition) is 5. The molecule has 2 aliphatic heterocycles. The fourth-order valence-electron chi connectivity index (χ4n) is 5.13. The lowest BCUT2D eigenvalue weighted by Gasteiger charge is -2.42. The number of H-pyrrole nitrogens is 1. The fraction of sp³-hybridized carbons (Fsp3) is 0.476. The zero-order chi connectivity index (χ0) is 19.3. The van der Waals surface area contributed by atoms with E-state index in [9.17, 15) is 15.0 Å². The standard InChI is InChI=1S/C21H25N3O4/c25-11-17(26)24-16-7-2-1-6-14(16)23-15-10-22-21(27)18(15)19(24)13-5-3-4-12-8-9-28-20(12)13/h3-5,10,14,16,19,22-23,25,27H,1-2,6-9,11H2/t14-,16-,19-/m1/s1. The third kappa shape index (κ3) is 2.57. The number of anilines is 1. The van der Waals surface area contributed by atoms with Gasteiger partial charge < -0.3 is 30.2 Å². The van der Waals surface area contributed by atoms with E-state index < -0.39 is 12.6 Å². The number of nitrogens with zero attached hydrogens (tertiary/aromatic N) is 1. The van der Waals surface area contributed by atoms with E-state index in [0.717, 1.165) is 54.7 Å². The molecule has 2 aromatic rings. The van der Waals surface area contributed by atoms with Crippen LogP contribution in [-0.4, -0.2) is 51.3 Å². The average Bonchev–Trinajstić information content (AvgIpc) is 3.30. The van der Waals surface area contributed by atoms with E-state index in [1.54, 1.807) is 11.1 Å². The molecule has 1 aromatic carbocycles. The van der Waals surface area contributed by atoms with Gasteiger partial charge in [0.05, 0.1) is 29.9 Å². The molecule has 0 spiro atoms. The molecule has 4 N–H and O–H groups in total. The molecule has 1 saturated carbocycles. The highest BCUT2D eigenvalue weighted by molar-refractivity contribution is 5.80. The summed E-state index contributed by atoms with van der Waals surface area (Å²) in [4.78, 5) is 17.7. The molecule has 148 valence electrons. The number of aliphatic hydroxyl groups excluding tert-OH is 1. The molecule has 28 heavy (non-hydrogen) atoms. The summed E-state index contributed by atoms with van der Waals surface area (Å²) in [7, 11) is 0. The van der Waals surface area contributed by atoms with Gasteiger partial charge in [-0.05, 0) is 18.4 Å². The Kier molecular flexibility index (Phi) is 4.19. The summed E-state index contributed by atoms with van der Waals surface area (Å²) in [5, 5.41) is 24.0. The lowest BCUT2D eigenvalue weighted by atomic mass is 9.87. The lowest BCUT2D eigenvalue weighted by molar-refractivity contribution is -0.139. The molecule has 7 nitrogen and oxygen atoms in total. The summed E-state index contributed by atoms with van der Waals surface area (Å²) in [5.74, 6) is 0.509. The molecular weight excluding hydrogens is 358 g/mol. The number of para-hydroxylation sites is 1. The van der Waals surface area contributed by atoms with Crippen LogP contribution in [-0.2, 0) is 11.2 Å². The maximum Gasteiger partial charge on any atom is 0.249 e. The minimum absolute atomic E-state index is 0.0393. The molecule has 3 atom stereocenters. The fourth-order valence-corrected chi connectivity index (χ4v) is 5.13. The lowest BCUT2D eigenvalue weighted by Crippen LogP contribution is -2.52. The molecule has 5 rings (SSSR count). The second-order valence-electron chi connectivity index (χ2n) is 7.86. The number of carbonyl (C=O) groups is 1. The first-order valence-electron chi connectivity index (χ1n) is 10.0. The normalized spacial score (nSPS) is 25.8. The largest absolute Gasteiger partial charge is 0.494 e. The molecule has 1 amide bonds. The number of aromatic amines is 1. The van der Waals surface area contributed by atoms with Gasteiger partial charge in [-0.1, -0.05) is 31.0 Å². The second-order valence-corrected chi connectivity index (χ2v) is 7.86. The molecule has 1 fully saturated rings. The van der Waals surface area contributed by atoms with Gasteiger partial charge in [-0.25, -0.2) is 0 Å². The second kappa shape index (κ2) is 6.74. The van der Waals surface area contributed by atoms with E-state index in [-0.39, 0.29) is 23.9 Å². The first kappa shape index (κ1) is 17.4. The first-order chi connectivity index (χ1) is 13.7. The van der Waals surface area contributed by atoms with Gasteiger partial charge in [-0.3, -0.25) is 4.79 Å². The highest BCUT2D eigenvalue weighted by Crippen LogP contribution is 2.48. The van der Waals surface area contributed by atoms with Gasteiger partial charge in [-0.2, -0.15) is 0 Å². The summed E-state index contributed by atoms with van der Waals surface area (Å²) in [6, 6.07) is 5.49. The van der Waals surface area contributed by atoms with Crippen molar-refractivity contribution in [2.24, 2.45) is 0 Å². The van der Waals surface area contributed by atoms with Crippen molar-refractivity contribution in [3.05, 3.63) is 41.1 Å². The molecular formula is C21H25N3O4. The molecule has 3 heterocycles. The molecule has 0 radical (unpaired) electrons. The topological polar surface area (TPSA) is 97.8 Å². The first-order valence-corrected chi connectivity index (χ1v) is 10.0. The predicted octanol–water partition coefficient (Wildman–Crippen LogP) is 2.30. The Balaban J connectivity index is 1.74. The van der Waals surface area contributed by atoms with Crippen LogP contribution in [0, 0.1) is 0 Å². The van der Waals surface area contributed by atoms with Crippen LogP contribution in [0.15, 0.2) is 24.4 Å². The van der Waals surface area contributed by atoms with E-state index in [4.69, 9.17) is 4.74 Å². The highest BCUT2D eigenvalue weighted by atomic mass is 16.5. The number of ether oxygens (including phenoxy) is 1. The third-order valence-corrected chi connectivity index (χ3v) is 6.34. The van der Waals surface area contributed by atoms with Gasteiger partial charge in [0.25, 0.3) is 0 Å². The zero-order valence-electron chi connectivity index (χ0n) is 15.6. The minimum Gasteiger partial charge on any atom is -0.494 e. The van der Waals surface area contributed by atoms with Crippen molar-refractivity contribution in [1.82, 2.24) is 9.88 Å². The van der Waals surface area contributed by atoms with E-state index in [0.29, 0.717) is 12.2 Å². The van der Waals surface area contributed by atoms with Crippen LogP contribution in [0.4, 0.5) is 5.69 Å². The Bertz CT molecular complexity index is 909. The van der Waals surface area contributed by atoms with Crippen molar-refractivity contribution in [2.45, 2.75) is 50.2 Å². The Morgan fingerprint density at radius 1 is 1.29 bits per heavy atom. The van der Waals surface area contributed by atoms with E-state index in [1.807, 2.05) is 18.2 Å². The number of nitrogens with one attached hydrogen (secondary N) is 2. The smallest absolute Gasteiger partial charge is 0.249 e. The molecule has 0 saturated heterocycles. The Morgan fingerprint density at radius 2 is 2.14 bits per heavy atom. The summed E-state index contributed by atoms with van der Waals surface area (Å²) in [5.41, 5.74) is 3.42. The van der Waals surface area contributed by atoms with Gasteiger partial charge in [0.1, 0.15) is 12.4 Å². The maximum atomic E-state index is 13.0. The number of aromatic hydroxyl groups is 1. The quantitative estimate of drug-likeness (QED) is 0.638. The third-order valence-electron chi connectivity index (χ3n) is 6.34. The van der Waals surface area contributed by atoms with Crippen molar-refractivity contribution in [2.75, 3.05) is 18.5 Å². The van der Waals surface area contributed by atoms with E-state index >= 15 is 0 Å². The minimum atomic E-state index is -0.559. The number of aromatic nitrogens is 1. The van der Waals surface area contributed by atoms with Crippen molar-refractivity contribution in [3.8, 4) is 11.6 Å². The number of aliphatic hydroxyl groups is 1. The van der Waals surface area contributed by atoms with Crippen molar-refractivity contribution in [3.63, 3.8) is 0 Å². The van der Waals surface area contributed by atoms with E-state index in [2.05, 4.69) is 10.3 Å². The van der Waals surface area contributed by atoms with Crippen molar-refractivity contribution in [1.29, 1.82) is 0 Å². The summed E-state index contributed by atoms with van der Waals surface area (Å²) in [6.45, 7) is 0.0550. The summed E-state index contributed by atoms with van der Waals surface area (Å²) < 4.78 is 5.94. The number of carbonyl (C=O) groups excluding carboxylic acids is 1. The number of fused-ring (bicyclic) bond motifs is 3. The maximum absolute atomic E-state index is 13.0. The molecule has 0 bridgehead atoms. The van der Waals surface area contributed by atoms with E-state index in [1.165, 1.54) is 0 Å². The summed E-state index contributed by atoms with van der Waals surface area (Å²) in [6.07, 6.45) is 6.54. The SMILES string of the molecule is O=C(CO)N1[C@H](c2cccc3c2OCC3)c2c(c[nH]c2O)N[C@@H]2CCCC[C@H]21. The average molecular weight is 383 g/mol. The molecule has 3 aliphatic rings. The predicted molar refractivity (Wildman–Crippen MR) is 104 cm³/mol. The van der Waals surface area contributed by atoms with Gasteiger partial charge in [0, 0.05) is 24.2 Å². The van der Waals surface area contributed by atoms with Crippen LogP contribution in [0.2, 0.25) is 0 Å². The van der Waals surface area contributed by atoms with Crippen molar-refractivity contribution < 1.29 is 19.7 Å². The molecule has 1 aromatic heterocycles. The van der Waals surface area contributed by atoms with Crippen LogP contribution in [0.3, 0.4) is 0 Å². The van der Waals surface area contributed by atoms with Crippen LogP contribution in [0.25, 0.3) is 0 Å². The molecule has 0 unspecified atom stereocenters. The number of hydrogen-bond donors (Lipinski definition) is 4. The number of rotatable bonds is 2. The van der Waals surface area contributed by atoms with Gasteiger partial charge in [0.15, 0.2) is 5.88 Å². The van der Waals surface area contributed by atoms with Gasteiger partial charge >= 0.3 is 0 Å². The van der Waals surface area contributed by atoms with Crippen LogP contribution < -0.4 is 10.1 Å². The van der Waals surface area contributed by atoms with Crippen LogP contribution >= 0.6 is 0 Å². The van der Waals surface area contributed by atoms with Crippen LogP contribution in [0.5, 0.6) is 11.6 Å². The van der Waals surface area contributed by atoms with Gasteiger partial charge in [-0.15, -0.1) is 0 Å². The Morgan fingerprint density at radius 3 is 3.00 bits per heavy atom. The Hall–Kier alpha value is -2.67. The molecule has 7 heteroatoms. The summed E-state index contributed by atoms with van der Waals surface area (Å²) >= 11 is 0. The highest BCUT2D eigenvalue weighted by Gasteiger charge is 2.44. The Labute approximate surface area is 163 Å². The van der Waals surface area contributed by atoms with Crippen LogP contribution in [0.1, 0.15) is 48.4 Å². The monoisotopic (exact) mass is 383 g/mol. The molecule has 1 aliphatic carbocycles. The number of amides is 1.